The molecule has 5 rings (SSSR count). The highest BCUT2D eigenvalue weighted by Gasteiger charge is 2.53. The first-order valence-electron chi connectivity index (χ1n) is 8.74. The lowest BCUT2D eigenvalue weighted by molar-refractivity contribution is -0.384. The lowest BCUT2D eigenvalue weighted by Gasteiger charge is -2.60. The van der Waals surface area contributed by atoms with E-state index in [1.54, 1.807) is 12.1 Å². The summed E-state index contributed by atoms with van der Waals surface area (Å²) in [6.45, 7) is 0. The molecule has 1 aromatic rings. The van der Waals surface area contributed by atoms with Crippen LogP contribution in [0, 0.1) is 27.9 Å². The third-order valence-corrected chi connectivity index (χ3v) is 6.73. The molecular weight excluding hydrogens is 322 g/mol. The summed E-state index contributed by atoms with van der Waals surface area (Å²) in [7, 11) is 2.12. The Morgan fingerprint density at radius 3 is 2.12 bits per heavy atom. The summed E-state index contributed by atoms with van der Waals surface area (Å²) in [4.78, 5) is 12.7. The average Bonchev–Trinajstić information content (AvgIpc) is 2.53. The molecule has 0 radical (unpaired) electrons. The number of anilines is 1. The zero-order valence-electron chi connectivity index (χ0n) is 13.9. The minimum absolute atomic E-state index is 0.0981. The largest absolute Gasteiger partial charge is 0.346 e. The molecule has 1 aromatic carbocycles. The molecule has 128 valence electrons. The molecule has 0 aliphatic heterocycles. The van der Waals surface area contributed by atoms with Crippen LogP contribution in [0.5, 0.6) is 0 Å². The number of nitro groups is 1. The van der Waals surface area contributed by atoms with E-state index < -0.39 is 0 Å². The maximum Gasteiger partial charge on any atom is 0.269 e. The van der Waals surface area contributed by atoms with Gasteiger partial charge in [-0.15, -0.1) is 0 Å². The molecule has 0 spiro atoms. The summed E-state index contributed by atoms with van der Waals surface area (Å²) in [5.41, 5.74) is 1.13. The van der Waals surface area contributed by atoms with Crippen LogP contribution in [-0.2, 0) is 0 Å². The highest BCUT2D eigenvalue weighted by atomic mass is 32.1. The van der Waals surface area contributed by atoms with Crippen LogP contribution in [0.3, 0.4) is 0 Å². The van der Waals surface area contributed by atoms with E-state index in [-0.39, 0.29) is 16.1 Å². The Hall–Kier alpha value is -1.69. The Bertz CT molecular complexity index is 638. The number of hydrogen-bond donors (Lipinski definition) is 1. The minimum Gasteiger partial charge on any atom is -0.346 e. The predicted molar refractivity (Wildman–Crippen MR) is 98.0 cm³/mol. The molecule has 5 nitrogen and oxygen atoms in total. The number of non-ortho nitro benzene ring substituents is 1. The molecule has 4 aliphatic rings. The molecule has 4 bridgehead atoms. The van der Waals surface area contributed by atoms with E-state index in [4.69, 9.17) is 12.2 Å². The van der Waals surface area contributed by atoms with Gasteiger partial charge < -0.3 is 10.2 Å². The second-order valence-corrected chi connectivity index (χ2v) is 8.32. The second kappa shape index (κ2) is 5.69. The number of nitro benzene ring substituents is 1. The van der Waals surface area contributed by atoms with Gasteiger partial charge in [-0.25, -0.2) is 0 Å². The first-order chi connectivity index (χ1) is 11.4. The first-order valence-corrected chi connectivity index (χ1v) is 9.15. The topological polar surface area (TPSA) is 58.4 Å². The second-order valence-electron chi connectivity index (χ2n) is 7.94. The van der Waals surface area contributed by atoms with Crippen molar-refractivity contribution in [2.75, 3.05) is 12.4 Å². The fraction of sp³-hybridized carbons (Fsp3) is 0.611. The van der Waals surface area contributed by atoms with Gasteiger partial charge in [-0.2, -0.15) is 0 Å². The van der Waals surface area contributed by atoms with E-state index in [0.29, 0.717) is 0 Å². The van der Waals surface area contributed by atoms with Crippen LogP contribution in [-0.4, -0.2) is 27.5 Å². The molecule has 4 fully saturated rings. The van der Waals surface area contributed by atoms with Gasteiger partial charge in [0.1, 0.15) is 0 Å². The van der Waals surface area contributed by atoms with E-state index in [0.717, 1.165) is 28.6 Å². The van der Waals surface area contributed by atoms with Crippen molar-refractivity contribution in [3.8, 4) is 0 Å². The van der Waals surface area contributed by atoms with E-state index in [1.165, 1.54) is 50.7 Å². The standard InChI is InChI=1S/C18H23N3O2S/c1-20(17(24)19-15-2-4-16(5-3-15)21(22)23)18-9-12-6-13(10-18)8-14(7-12)11-18/h2-5,12-14H,6-11H2,1H3,(H,19,24). The van der Waals surface area contributed by atoms with Crippen LogP contribution in [0.2, 0.25) is 0 Å². The SMILES string of the molecule is CN(C(=S)Nc1ccc([N+](=O)[O-])cc1)C12CC3CC(CC(C3)C1)C2. The summed E-state index contributed by atoms with van der Waals surface area (Å²) < 4.78 is 0. The van der Waals surface area contributed by atoms with Gasteiger partial charge in [-0.1, -0.05) is 0 Å². The highest BCUT2D eigenvalue weighted by Crippen LogP contribution is 2.57. The molecule has 4 aliphatic carbocycles. The number of thiocarbonyl (C=S) groups is 1. The van der Waals surface area contributed by atoms with E-state index >= 15 is 0 Å². The Morgan fingerprint density at radius 2 is 1.67 bits per heavy atom. The molecule has 0 amide bonds. The summed E-state index contributed by atoms with van der Waals surface area (Å²) in [5, 5.41) is 14.7. The number of rotatable bonds is 3. The summed E-state index contributed by atoms with van der Waals surface area (Å²) in [6.07, 6.45) is 8.02. The quantitative estimate of drug-likeness (QED) is 0.506. The maximum absolute atomic E-state index is 10.8. The number of nitrogens with zero attached hydrogens (tertiary/aromatic N) is 2. The lowest BCUT2D eigenvalue weighted by atomic mass is 9.52. The molecule has 6 heteroatoms. The molecule has 0 unspecified atom stereocenters. The molecular formula is C18H23N3O2S. The van der Waals surface area contributed by atoms with Crippen LogP contribution in [0.15, 0.2) is 24.3 Å². The molecule has 0 atom stereocenters. The van der Waals surface area contributed by atoms with Gasteiger partial charge in [0.05, 0.1) is 4.92 Å². The van der Waals surface area contributed by atoms with Gasteiger partial charge in [0.25, 0.3) is 5.69 Å². The molecule has 1 N–H and O–H groups in total. The van der Waals surface area contributed by atoms with Crippen molar-refractivity contribution in [2.24, 2.45) is 17.8 Å². The van der Waals surface area contributed by atoms with Crippen molar-refractivity contribution < 1.29 is 4.92 Å². The third kappa shape index (κ3) is 2.66. The fourth-order valence-corrected chi connectivity index (χ4v) is 5.88. The van der Waals surface area contributed by atoms with Crippen molar-refractivity contribution >= 4 is 28.7 Å². The van der Waals surface area contributed by atoms with Gasteiger partial charge in [0.15, 0.2) is 5.11 Å². The Kier molecular flexibility index (Phi) is 3.75. The van der Waals surface area contributed by atoms with Crippen molar-refractivity contribution in [1.82, 2.24) is 4.90 Å². The van der Waals surface area contributed by atoms with Gasteiger partial charge in [-0.3, -0.25) is 10.1 Å². The van der Waals surface area contributed by atoms with Crippen molar-refractivity contribution in [3.63, 3.8) is 0 Å². The fourth-order valence-electron chi connectivity index (χ4n) is 5.56. The van der Waals surface area contributed by atoms with E-state index in [9.17, 15) is 10.1 Å². The Labute approximate surface area is 147 Å². The zero-order chi connectivity index (χ0) is 16.9. The number of hydrogen-bond acceptors (Lipinski definition) is 3. The molecule has 0 aromatic heterocycles. The van der Waals surface area contributed by atoms with Crippen molar-refractivity contribution in [1.29, 1.82) is 0 Å². The highest BCUT2D eigenvalue weighted by molar-refractivity contribution is 7.80. The van der Waals surface area contributed by atoms with E-state index in [2.05, 4.69) is 17.3 Å². The molecule has 0 saturated heterocycles. The van der Waals surface area contributed by atoms with Gasteiger partial charge in [0, 0.05) is 30.4 Å². The smallest absolute Gasteiger partial charge is 0.269 e. The minimum atomic E-state index is -0.385. The van der Waals surface area contributed by atoms with Crippen LogP contribution in [0.25, 0.3) is 0 Å². The van der Waals surface area contributed by atoms with E-state index in [1.807, 2.05) is 0 Å². The first kappa shape index (κ1) is 15.8. The summed E-state index contributed by atoms with van der Waals surface area (Å²) in [6, 6.07) is 6.46. The number of benzene rings is 1. The molecule has 24 heavy (non-hydrogen) atoms. The van der Waals surface area contributed by atoms with Crippen LogP contribution >= 0.6 is 12.2 Å². The predicted octanol–water partition coefficient (Wildman–Crippen LogP) is 4.19. The Balaban J connectivity index is 1.47. The van der Waals surface area contributed by atoms with Crippen LogP contribution in [0.1, 0.15) is 38.5 Å². The van der Waals surface area contributed by atoms with Crippen molar-refractivity contribution in [2.45, 2.75) is 44.1 Å². The summed E-state index contributed by atoms with van der Waals surface area (Å²) >= 11 is 5.66. The van der Waals surface area contributed by atoms with Crippen LogP contribution in [0.4, 0.5) is 11.4 Å². The normalized spacial score (nSPS) is 33.3. The molecule has 0 heterocycles. The van der Waals surface area contributed by atoms with Crippen molar-refractivity contribution in [3.05, 3.63) is 34.4 Å². The lowest BCUT2D eigenvalue weighted by Crippen LogP contribution is -2.60. The zero-order valence-corrected chi connectivity index (χ0v) is 14.7. The Morgan fingerprint density at radius 1 is 1.17 bits per heavy atom. The average molecular weight is 345 g/mol. The van der Waals surface area contributed by atoms with Crippen LogP contribution < -0.4 is 5.32 Å². The number of nitrogens with one attached hydrogen (secondary N) is 1. The summed E-state index contributed by atoms with van der Waals surface area (Å²) in [5.74, 6) is 2.63. The van der Waals surface area contributed by atoms with Gasteiger partial charge in [0.2, 0.25) is 0 Å². The maximum atomic E-state index is 10.8. The van der Waals surface area contributed by atoms with Gasteiger partial charge >= 0.3 is 0 Å². The van der Waals surface area contributed by atoms with Gasteiger partial charge in [-0.05, 0) is 80.6 Å². The third-order valence-electron chi connectivity index (χ3n) is 6.35. The monoisotopic (exact) mass is 345 g/mol. The molecule has 4 saturated carbocycles.